The van der Waals surface area contributed by atoms with Crippen LogP contribution in [0.25, 0.3) is 0 Å². The molecule has 23 heavy (non-hydrogen) atoms. The van der Waals surface area contributed by atoms with Gasteiger partial charge in [-0.2, -0.15) is 0 Å². The number of benzene rings is 1. The Morgan fingerprint density at radius 1 is 1.26 bits per heavy atom. The molecule has 0 radical (unpaired) electrons. The zero-order chi connectivity index (χ0) is 16.2. The molecule has 5 nitrogen and oxygen atoms in total. The molecule has 0 bridgehead atoms. The number of hydrogen-bond acceptors (Lipinski definition) is 4. The van der Waals surface area contributed by atoms with Crippen LogP contribution in [-0.2, 0) is 11.3 Å². The van der Waals surface area contributed by atoms with Crippen molar-refractivity contribution in [2.24, 2.45) is 0 Å². The molecule has 120 valence electrons. The first-order valence-corrected chi connectivity index (χ1v) is 7.79. The quantitative estimate of drug-likeness (QED) is 0.920. The Morgan fingerprint density at radius 3 is 2.78 bits per heavy atom. The van der Waals surface area contributed by atoms with Gasteiger partial charge < -0.3 is 15.0 Å². The van der Waals surface area contributed by atoms with Crippen LogP contribution in [0, 0.1) is 6.92 Å². The van der Waals surface area contributed by atoms with Crippen molar-refractivity contribution in [3.63, 3.8) is 0 Å². The van der Waals surface area contributed by atoms with Crippen LogP contribution in [0.5, 0.6) is 5.88 Å². The number of pyridine rings is 1. The molecule has 0 saturated carbocycles. The lowest BCUT2D eigenvalue weighted by Gasteiger charge is -2.17. The number of methoxy groups -OCH3 is 1. The van der Waals surface area contributed by atoms with Crippen molar-refractivity contribution in [1.82, 2.24) is 10.3 Å². The zero-order valence-corrected chi connectivity index (χ0v) is 13.5. The Labute approximate surface area is 136 Å². The Kier molecular flexibility index (Phi) is 4.57. The molecule has 1 aliphatic heterocycles. The summed E-state index contributed by atoms with van der Waals surface area (Å²) in [5, 5.41) is 3.30. The van der Waals surface area contributed by atoms with Crippen molar-refractivity contribution in [3.05, 3.63) is 53.7 Å². The standard InChI is InChI=1S/C18H21N3O2/c1-13-6-8-15(9-7-13)21-11-10-16(18(21)22)19-12-14-4-3-5-17(20-14)23-2/h3-9,16,19H,10-12H2,1-2H3. The van der Waals surface area contributed by atoms with Crippen LogP contribution in [0.1, 0.15) is 17.7 Å². The fraction of sp³-hybridized carbons (Fsp3) is 0.333. The Morgan fingerprint density at radius 2 is 2.04 bits per heavy atom. The molecule has 1 fully saturated rings. The SMILES string of the molecule is COc1cccc(CNC2CCN(c3ccc(C)cc3)C2=O)n1. The molecule has 3 rings (SSSR count). The monoisotopic (exact) mass is 311 g/mol. The maximum Gasteiger partial charge on any atom is 0.244 e. The number of hydrogen-bond donors (Lipinski definition) is 1. The van der Waals surface area contributed by atoms with Crippen molar-refractivity contribution in [3.8, 4) is 5.88 Å². The summed E-state index contributed by atoms with van der Waals surface area (Å²) in [6, 6.07) is 13.5. The van der Waals surface area contributed by atoms with Gasteiger partial charge in [0, 0.05) is 24.8 Å². The molecule has 5 heteroatoms. The van der Waals surface area contributed by atoms with E-state index in [1.54, 1.807) is 7.11 Å². The van der Waals surface area contributed by atoms with Crippen LogP contribution in [0.2, 0.25) is 0 Å². The molecule has 1 N–H and O–H groups in total. The molecule has 1 unspecified atom stereocenters. The number of carbonyl (C=O) groups is 1. The average molecular weight is 311 g/mol. The molecule has 1 aromatic heterocycles. The third-order valence-electron chi connectivity index (χ3n) is 4.07. The summed E-state index contributed by atoms with van der Waals surface area (Å²) in [5.74, 6) is 0.708. The maximum atomic E-state index is 12.6. The normalized spacial score (nSPS) is 17.6. The Bertz CT molecular complexity index is 685. The summed E-state index contributed by atoms with van der Waals surface area (Å²) >= 11 is 0. The highest BCUT2D eigenvalue weighted by Gasteiger charge is 2.32. The summed E-state index contributed by atoms with van der Waals surface area (Å²) in [6.45, 7) is 3.33. The minimum Gasteiger partial charge on any atom is -0.481 e. The summed E-state index contributed by atoms with van der Waals surface area (Å²) in [4.78, 5) is 18.8. The first-order valence-electron chi connectivity index (χ1n) is 7.79. The van der Waals surface area contributed by atoms with Gasteiger partial charge in [-0.3, -0.25) is 4.79 Å². The van der Waals surface area contributed by atoms with Crippen molar-refractivity contribution in [2.75, 3.05) is 18.6 Å². The average Bonchev–Trinajstić information content (AvgIpc) is 2.95. The summed E-state index contributed by atoms with van der Waals surface area (Å²) < 4.78 is 5.12. The van der Waals surface area contributed by atoms with E-state index >= 15 is 0 Å². The highest BCUT2D eigenvalue weighted by molar-refractivity contribution is 5.99. The summed E-state index contributed by atoms with van der Waals surface area (Å²) in [7, 11) is 1.60. The number of rotatable bonds is 5. The zero-order valence-electron chi connectivity index (χ0n) is 13.5. The van der Waals surface area contributed by atoms with E-state index in [1.165, 1.54) is 5.56 Å². The van der Waals surface area contributed by atoms with E-state index in [4.69, 9.17) is 4.74 Å². The second-order valence-corrected chi connectivity index (χ2v) is 5.72. The van der Waals surface area contributed by atoms with Crippen molar-refractivity contribution in [2.45, 2.75) is 25.9 Å². The van der Waals surface area contributed by atoms with Gasteiger partial charge in [-0.25, -0.2) is 4.98 Å². The number of aryl methyl sites for hydroxylation is 1. The predicted molar refractivity (Wildman–Crippen MR) is 89.6 cm³/mol. The van der Waals surface area contributed by atoms with E-state index in [-0.39, 0.29) is 11.9 Å². The lowest BCUT2D eigenvalue weighted by Crippen LogP contribution is -2.38. The highest BCUT2D eigenvalue weighted by atomic mass is 16.5. The highest BCUT2D eigenvalue weighted by Crippen LogP contribution is 2.22. The number of ether oxygens (including phenoxy) is 1. The molecule has 1 amide bonds. The Hall–Kier alpha value is -2.40. The van der Waals surface area contributed by atoms with E-state index in [1.807, 2.05) is 54.3 Å². The van der Waals surface area contributed by atoms with Gasteiger partial charge in [-0.15, -0.1) is 0 Å². The van der Waals surface area contributed by atoms with Gasteiger partial charge in [0.05, 0.1) is 18.8 Å². The van der Waals surface area contributed by atoms with Gasteiger partial charge in [-0.05, 0) is 31.5 Å². The largest absolute Gasteiger partial charge is 0.481 e. The molecule has 0 spiro atoms. The van der Waals surface area contributed by atoms with Gasteiger partial charge in [0.1, 0.15) is 0 Å². The molecule has 2 heterocycles. The summed E-state index contributed by atoms with van der Waals surface area (Å²) in [6.07, 6.45) is 0.802. The molecule has 2 aromatic rings. The van der Waals surface area contributed by atoms with E-state index < -0.39 is 0 Å². The van der Waals surface area contributed by atoms with E-state index in [0.29, 0.717) is 12.4 Å². The minimum absolute atomic E-state index is 0.122. The van der Waals surface area contributed by atoms with Crippen molar-refractivity contribution in [1.29, 1.82) is 0 Å². The van der Waals surface area contributed by atoms with Gasteiger partial charge in [0.15, 0.2) is 0 Å². The lowest BCUT2D eigenvalue weighted by atomic mass is 10.2. The maximum absolute atomic E-state index is 12.6. The number of amides is 1. The third kappa shape index (κ3) is 3.51. The van der Waals surface area contributed by atoms with Gasteiger partial charge >= 0.3 is 0 Å². The molecule has 1 atom stereocenters. The minimum atomic E-state index is -0.163. The molecule has 1 saturated heterocycles. The van der Waals surface area contributed by atoms with Crippen molar-refractivity contribution < 1.29 is 9.53 Å². The molecular weight excluding hydrogens is 290 g/mol. The number of anilines is 1. The van der Waals surface area contributed by atoms with Crippen LogP contribution in [0.15, 0.2) is 42.5 Å². The number of aromatic nitrogens is 1. The third-order valence-corrected chi connectivity index (χ3v) is 4.07. The summed E-state index contributed by atoms with van der Waals surface area (Å²) in [5.41, 5.74) is 3.02. The van der Waals surface area contributed by atoms with Gasteiger partial charge in [0.25, 0.3) is 0 Å². The smallest absolute Gasteiger partial charge is 0.244 e. The van der Waals surface area contributed by atoms with E-state index in [2.05, 4.69) is 10.3 Å². The van der Waals surface area contributed by atoms with Crippen LogP contribution in [0.3, 0.4) is 0 Å². The lowest BCUT2D eigenvalue weighted by molar-refractivity contribution is -0.118. The van der Waals surface area contributed by atoms with Crippen LogP contribution in [0.4, 0.5) is 5.69 Å². The van der Waals surface area contributed by atoms with Crippen LogP contribution < -0.4 is 15.0 Å². The van der Waals surface area contributed by atoms with Gasteiger partial charge in [0.2, 0.25) is 11.8 Å². The fourth-order valence-electron chi connectivity index (χ4n) is 2.75. The predicted octanol–water partition coefficient (Wildman–Crippen LogP) is 2.29. The van der Waals surface area contributed by atoms with Crippen LogP contribution in [-0.4, -0.2) is 30.6 Å². The molecule has 1 aromatic carbocycles. The fourth-order valence-corrected chi connectivity index (χ4v) is 2.75. The number of nitrogens with one attached hydrogen (secondary N) is 1. The van der Waals surface area contributed by atoms with Crippen molar-refractivity contribution >= 4 is 11.6 Å². The topological polar surface area (TPSA) is 54.5 Å². The second-order valence-electron chi connectivity index (χ2n) is 5.72. The molecule has 1 aliphatic rings. The first kappa shape index (κ1) is 15.5. The van der Waals surface area contributed by atoms with E-state index in [9.17, 15) is 4.79 Å². The number of carbonyl (C=O) groups excluding carboxylic acids is 1. The second kappa shape index (κ2) is 6.79. The Balaban J connectivity index is 1.61. The number of nitrogens with zero attached hydrogens (tertiary/aromatic N) is 2. The molecular formula is C18H21N3O2. The van der Waals surface area contributed by atoms with Gasteiger partial charge in [-0.1, -0.05) is 23.8 Å². The molecule has 0 aliphatic carbocycles. The first-order chi connectivity index (χ1) is 11.2. The van der Waals surface area contributed by atoms with Crippen LogP contribution >= 0.6 is 0 Å². The van der Waals surface area contributed by atoms with E-state index in [0.717, 1.165) is 24.3 Å².